The molecule has 0 radical (unpaired) electrons. The molecule has 1 aromatic rings. The second kappa shape index (κ2) is 5.12. The standard InChI is InChI=1S/C10H15NO2S/c1-2-11-9-14(12,13)8-10-6-4-3-5-7-10/h3-7,11H,2,8-9H2,1H3. The molecule has 14 heavy (non-hydrogen) atoms. The van der Waals surface area contributed by atoms with Crippen molar-refractivity contribution in [2.45, 2.75) is 12.7 Å². The minimum absolute atomic E-state index is 0.0540. The van der Waals surface area contributed by atoms with E-state index in [2.05, 4.69) is 5.32 Å². The average molecular weight is 213 g/mol. The lowest BCUT2D eigenvalue weighted by Crippen LogP contribution is -2.23. The second-order valence-corrected chi connectivity index (χ2v) is 5.19. The molecule has 3 nitrogen and oxygen atoms in total. The summed E-state index contributed by atoms with van der Waals surface area (Å²) < 4.78 is 23.0. The van der Waals surface area contributed by atoms with E-state index in [0.29, 0.717) is 6.54 Å². The zero-order valence-corrected chi connectivity index (χ0v) is 9.05. The predicted octanol–water partition coefficient (Wildman–Crippen LogP) is 1.17. The Morgan fingerprint density at radius 2 is 1.86 bits per heavy atom. The molecule has 0 unspecified atom stereocenters. The largest absolute Gasteiger partial charge is 0.304 e. The van der Waals surface area contributed by atoms with E-state index in [1.807, 2.05) is 37.3 Å². The van der Waals surface area contributed by atoms with Gasteiger partial charge < -0.3 is 5.32 Å². The first-order valence-electron chi connectivity index (χ1n) is 4.59. The molecule has 0 amide bonds. The number of hydrogen-bond donors (Lipinski definition) is 1. The Labute approximate surface area is 85.1 Å². The van der Waals surface area contributed by atoms with Crippen molar-refractivity contribution in [3.63, 3.8) is 0 Å². The molecule has 78 valence electrons. The van der Waals surface area contributed by atoms with E-state index in [0.717, 1.165) is 5.56 Å². The fourth-order valence-electron chi connectivity index (χ4n) is 1.14. The van der Waals surface area contributed by atoms with Crippen molar-refractivity contribution >= 4 is 9.84 Å². The average Bonchev–Trinajstić information content (AvgIpc) is 2.16. The monoisotopic (exact) mass is 213 g/mol. The van der Waals surface area contributed by atoms with Gasteiger partial charge in [-0.3, -0.25) is 0 Å². The summed E-state index contributed by atoms with van der Waals surface area (Å²) in [6.07, 6.45) is 0. The molecule has 0 aliphatic heterocycles. The molecule has 0 saturated heterocycles. The van der Waals surface area contributed by atoms with Crippen LogP contribution in [0.25, 0.3) is 0 Å². The van der Waals surface area contributed by atoms with Crippen LogP contribution in [0.1, 0.15) is 12.5 Å². The molecule has 0 heterocycles. The van der Waals surface area contributed by atoms with Gasteiger partial charge in [-0.1, -0.05) is 37.3 Å². The Kier molecular flexibility index (Phi) is 4.10. The third-order valence-electron chi connectivity index (χ3n) is 1.80. The van der Waals surface area contributed by atoms with Crippen molar-refractivity contribution in [1.82, 2.24) is 5.32 Å². The first-order chi connectivity index (χ1) is 6.64. The highest BCUT2D eigenvalue weighted by atomic mass is 32.2. The van der Waals surface area contributed by atoms with Crippen LogP contribution < -0.4 is 5.32 Å². The Balaban J connectivity index is 2.60. The molecule has 0 fully saturated rings. The van der Waals surface area contributed by atoms with Crippen molar-refractivity contribution < 1.29 is 8.42 Å². The first kappa shape index (κ1) is 11.2. The van der Waals surface area contributed by atoms with E-state index in [-0.39, 0.29) is 11.6 Å². The summed E-state index contributed by atoms with van der Waals surface area (Å²) in [5.74, 6) is 0.166. The second-order valence-electron chi connectivity index (χ2n) is 3.12. The van der Waals surface area contributed by atoms with Crippen LogP contribution in [0.2, 0.25) is 0 Å². The molecule has 0 bridgehead atoms. The minimum atomic E-state index is -3.01. The first-order valence-corrected chi connectivity index (χ1v) is 6.41. The predicted molar refractivity (Wildman–Crippen MR) is 57.6 cm³/mol. The van der Waals surface area contributed by atoms with Gasteiger partial charge in [-0.15, -0.1) is 0 Å². The van der Waals surface area contributed by atoms with E-state index >= 15 is 0 Å². The van der Waals surface area contributed by atoms with Crippen LogP contribution in [-0.4, -0.2) is 20.8 Å². The van der Waals surface area contributed by atoms with Crippen molar-refractivity contribution in [3.05, 3.63) is 35.9 Å². The Morgan fingerprint density at radius 3 is 2.43 bits per heavy atom. The summed E-state index contributed by atoms with van der Waals surface area (Å²) in [4.78, 5) is 0. The van der Waals surface area contributed by atoms with Gasteiger partial charge >= 0.3 is 0 Å². The molecule has 0 spiro atoms. The quantitative estimate of drug-likeness (QED) is 0.798. The summed E-state index contributed by atoms with van der Waals surface area (Å²) in [6.45, 7) is 2.56. The highest BCUT2D eigenvalue weighted by molar-refractivity contribution is 7.90. The molecule has 0 atom stereocenters. The fraction of sp³-hybridized carbons (Fsp3) is 0.400. The number of rotatable bonds is 5. The van der Waals surface area contributed by atoms with Crippen LogP contribution in [0.15, 0.2) is 30.3 Å². The number of benzene rings is 1. The molecule has 1 aromatic carbocycles. The van der Waals surface area contributed by atoms with E-state index in [1.165, 1.54) is 0 Å². The van der Waals surface area contributed by atoms with Gasteiger partial charge in [0.2, 0.25) is 0 Å². The van der Waals surface area contributed by atoms with E-state index < -0.39 is 9.84 Å². The molecule has 0 aromatic heterocycles. The van der Waals surface area contributed by atoms with Crippen molar-refractivity contribution in [1.29, 1.82) is 0 Å². The SMILES string of the molecule is CCNCS(=O)(=O)Cc1ccccc1. The van der Waals surface area contributed by atoms with Gasteiger partial charge in [-0.25, -0.2) is 8.42 Å². The number of sulfone groups is 1. The zero-order chi connectivity index (χ0) is 10.4. The lowest BCUT2D eigenvalue weighted by molar-refractivity contribution is 0.588. The number of nitrogens with one attached hydrogen (secondary N) is 1. The van der Waals surface area contributed by atoms with Gasteiger partial charge in [0.1, 0.15) is 0 Å². The van der Waals surface area contributed by atoms with Crippen molar-refractivity contribution in [3.8, 4) is 0 Å². The van der Waals surface area contributed by atoms with Crippen LogP contribution in [0.5, 0.6) is 0 Å². The van der Waals surface area contributed by atoms with Gasteiger partial charge in [0.05, 0.1) is 11.6 Å². The van der Waals surface area contributed by atoms with Crippen molar-refractivity contribution in [2.75, 3.05) is 12.4 Å². The van der Waals surface area contributed by atoms with Gasteiger partial charge in [-0.2, -0.15) is 0 Å². The molecule has 0 aliphatic carbocycles. The topological polar surface area (TPSA) is 46.2 Å². The fourth-order valence-corrected chi connectivity index (χ4v) is 2.45. The molecule has 0 saturated carbocycles. The Morgan fingerprint density at radius 1 is 1.21 bits per heavy atom. The van der Waals surface area contributed by atoms with E-state index in [4.69, 9.17) is 0 Å². The van der Waals surface area contributed by atoms with Crippen LogP contribution >= 0.6 is 0 Å². The van der Waals surface area contributed by atoms with Crippen LogP contribution in [0.3, 0.4) is 0 Å². The van der Waals surface area contributed by atoms with E-state index in [9.17, 15) is 8.42 Å². The van der Waals surface area contributed by atoms with Gasteiger partial charge in [0.25, 0.3) is 0 Å². The highest BCUT2D eigenvalue weighted by Gasteiger charge is 2.09. The summed E-state index contributed by atoms with van der Waals surface area (Å²) in [5.41, 5.74) is 0.838. The molecule has 4 heteroatoms. The summed E-state index contributed by atoms with van der Waals surface area (Å²) in [7, 11) is -3.01. The zero-order valence-electron chi connectivity index (χ0n) is 8.23. The molecular formula is C10H15NO2S. The maximum atomic E-state index is 11.5. The highest BCUT2D eigenvalue weighted by Crippen LogP contribution is 2.04. The Hall–Kier alpha value is -0.870. The third kappa shape index (κ3) is 3.89. The van der Waals surface area contributed by atoms with Gasteiger partial charge in [-0.05, 0) is 12.1 Å². The minimum Gasteiger partial charge on any atom is -0.304 e. The van der Waals surface area contributed by atoms with Gasteiger partial charge in [0.15, 0.2) is 9.84 Å². The van der Waals surface area contributed by atoms with E-state index in [1.54, 1.807) is 0 Å². The third-order valence-corrected chi connectivity index (χ3v) is 3.22. The van der Waals surface area contributed by atoms with Crippen LogP contribution in [0, 0.1) is 0 Å². The van der Waals surface area contributed by atoms with Crippen LogP contribution in [-0.2, 0) is 15.6 Å². The maximum absolute atomic E-state index is 11.5. The Bertz CT molecular complexity index is 359. The maximum Gasteiger partial charge on any atom is 0.167 e. The lowest BCUT2D eigenvalue weighted by Gasteiger charge is -2.04. The normalized spacial score (nSPS) is 11.5. The molecule has 0 aliphatic rings. The van der Waals surface area contributed by atoms with Gasteiger partial charge in [0, 0.05) is 0 Å². The van der Waals surface area contributed by atoms with Crippen molar-refractivity contribution in [2.24, 2.45) is 0 Å². The molecule has 1 N–H and O–H groups in total. The molecule has 1 rings (SSSR count). The summed E-state index contributed by atoms with van der Waals surface area (Å²) >= 11 is 0. The number of hydrogen-bond acceptors (Lipinski definition) is 3. The molecular weight excluding hydrogens is 198 g/mol. The van der Waals surface area contributed by atoms with Crippen LogP contribution in [0.4, 0.5) is 0 Å². The smallest absolute Gasteiger partial charge is 0.167 e. The summed E-state index contributed by atoms with van der Waals surface area (Å²) in [6, 6.07) is 9.21. The lowest BCUT2D eigenvalue weighted by atomic mass is 10.2. The summed E-state index contributed by atoms with van der Waals surface area (Å²) in [5, 5.41) is 2.82.